The summed E-state index contributed by atoms with van der Waals surface area (Å²) in [4.78, 5) is 19.0. The summed E-state index contributed by atoms with van der Waals surface area (Å²) in [6, 6.07) is 9.72. The zero-order valence-electron chi connectivity index (χ0n) is 15.6. The van der Waals surface area contributed by atoms with Gasteiger partial charge in [-0.05, 0) is 63.7 Å². The van der Waals surface area contributed by atoms with Crippen molar-refractivity contribution >= 4 is 17.4 Å². The van der Waals surface area contributed by atoms with E-state index in [1.165, 1.54) is 0 Å². The van der Waals surface area contributed by atoms with Crippen LogP contribution in [0.5, 0.6) is 0 Å². The van der Waals surface area contributed by atoms with Crippen LogP contribution in [0.4, 0.5) is 11.5 Å². The molecule has 0 fully saturated rings. The maximum absolute atomic E-state index is 12.5. The summed E-state index contributed by atoms with van der Waals surface area (Å²) < 4.78 is 0. The SMILES string of the molecule is CCc1cccc(C)c1NC(=O)c1ccc(NCCCN(C)C)nc1. The zero-order chi connectivity index (χ0) is 18.2. The van der Waals surface area contributed by atoms with E-state index in [1.54, 1.807) is 12.3 Å². The number of nitrogens with zero attached hydrogens (tertiary/aromatic N) is 2. The predicted molar refractivity (Wildman–Crippen MR) is 104 cm³/mol. The van der Waals surface area contributed by atoms with Crippen molar-refractivity contribution in [1.29, 1.82) is 0 Å². The van der Waals surface area contributed by atoms with Gasteiger partial charge in [-0.25, -0.2) is 4.98 Å². The lowest BCUT2D eigenvalue weighted by Gasteiger charge is -2.13. The second kappa shape index (κ2) is 9.18. The molecular weight excluding hydrogens is 312 g/mol. The van der Waals surface area contributed by atoms with E-state index in [0.29, 0.717) is 5.56 Å². The highest BCUT2D eigenvalue weighted by atomic mass is 16.1. The number of hydrogen-bond donors (Lipinski definition) is 2. The maximum atomic E-state index is 12.5. The summed E-state index contributed by atoms with van der Waals surface area (Å²) in [6.07, 6.45) is 3.54. The monoisotopic (exact) mass is 340 g/mol. The number of anilines is 2. The van der Waals surface area contributed by atoms with Gasteiger partial charge in [0.15, 0.2) is 0 Å². The number of nitrogens with one attached hydrogen (secondary N) is 2. The Hall–Kier alpha value is -2.40. The second-order valence-electron chi connectivity index (χ2n) is 6.43. The van der Waals surface area contributed by atoms with Gasteiger partial charge in [-0.2, -0.15) is 0 Å². The number of aromatic nitrogens is 1. The highest BCUT2D eigenvalue weighted by molar-refractivity contribution is 6.05. The molecule has 5 heteroatoms. The van der Waals surface area contributed by atoms with Crippen molar-refractivity contribution in [2.45, 2.75) is 26.7 Å². The molecule has 1 amide bonds. The minimum absolute atomic E-state index is 0.129. The van der Waals surface area contributed by atoms with Crippen LogP contribution in [-0.4, -0.2) is 43.0 Å². The van der Waals surface area contributed by atoms with Gasteiger partial charge in [0, 0.05) is 18.4 Å². The van der Waals surface area contributed by atoms with E-state index in [1.807, 2.05) is 31.2 Å². The Kier molecular flexibility index (Phi) is 6.95. The molecule has 25 heavy (non-hydrogen) atoms. The molecule has 0 aliphatic carbocycles. The lowest BCUT2D eigenvalue weighted by atomic mass is 10.1. The van der Waals surface area contributed by atoms with Crippen LogP contribution in [0.3, 0.4) is 0 Å². The Bertz CT molecular complexity index is 695. The summed E-state index contributed by atoms with van der Waals surface area (Å²) in [6.45, 7) is 5.99. The van der Waals surface area contributed by atoms with Crippen molar-refractivity contribution in [2.24, 2.45) is 0 Å². The van der Waals surface area contributed by atoms with Gasteiger partial charge in [-0.3, -0.25) is 4.79 Å². The fraction of sp³-hybridized carbons (Fsp3) is 0.400. The molecule has 2 rings (SSSR count). The van der Waals surface area contributed by atoms with Gasteiger partial charge in [-0.15, -0.1) is 0 Å². The second-order valence-corrected chi connectivity index (χ2v) is 6.43. The normalized spacial score (nSPS) is 10.8. The predicted octanol–water partition coefficient (Wildman–Crippen LogP) is 3.57. The topological polar surface area (TPSA) is 57.3 Å². The molecule has 1 aromatic heterocycles. The molecule has 0 saturated carbocycles. The van der Waals surface area contributed by atoms with E-state index in [-0.39, 0.29) is 5.91 Å². The Morgan fingerprint density at radius 1 is 1.20 bits per heavy atom. The molecule has 0 radical (unpaired) electrons. The van der Waals surface area contributed by atoms with Crippen molar-refractivity contribution in [2.75, 3.05) is 37.8 Å². The lowest BCUT2D eigenvalue weighted by Crippen LogP contribution is -2.17. The highest BCUT2D eigenvalue weighted by Gasteiger charge is 2.11. The van der Waals surface area contributed by atoms with Gasteiger partial charge >= 0.3 is 0 Å². The van der Waals surface area contributed by atoms with Gasteiger partial charge in [0.25, 0.3) is 5.91 Å². The van der Waals surface area contributed by atoms with Gasteiger partial charge in [0.2, 0.25) is 0 Å². The molecule has 0 bridgehead atoms. The molecule has 2 aromatic rings. The number of pyridine rings is 1. The largest absolute Gasteiger partial charge is 0.370 e. The van der Waals surface area contributed by atoms with Crippen molar-refractivity contribution in [3.63, 3.8) is 0 Å². The van der Waals surface area contributed by atoms with E-state index in [2.05, 4.69) is 41.5 Å². The molecular formula is C20H28N4O. The Morgan fingerprint density at radius 3 is 2.64 bits per heavy atom. The summed E-state index contributed by atoms with van der Waals surface area (Å²) in [5.74, 6) is 0.663. The first kappa shape index (κ1) is 18.9. The Morgan fingerprint density at radius 2 is 2.00 bits per heavy atom. The highest BCUT2D eigenvalue weighted by Crippen LogP contribution is 2.22. The summed E-state index contributed by atoms with van der Waals surface area (Å²) in [5, 5.41) is 6.30. The molecule has 134 valence electrons. The number of carbonyl (C=O) groups is 1. The first-order valence-electron chi connectivity index (χ1n) is 8.75. The van der Waals surface area contributed by atoms with Gasteiger partial charge in [0.05, 0.1) is 5.56 Å². The number of aryl methyl sites for hydroxylation is 2. The van der Waals surface area contributed by atoms with Crippen molar-refractivity contribution < 1.29 is 4.79 Å². The minimum Gasteiger partial charge on any atom is -0.370 e. The standard InChI is InChI=1S/C20H28N4O/c1-5-16-9-6-8-15(2)19(16)23-20(25)17-10-11-18(22-14-17)21-12-7-13-24(3)4/h6,8-11,14H,5,7,12-13H2,1-4H3,(H,21,22)(H,23,25). The van der Waals surface area contributed by atoms with Crippen LogP contribution in [0, 0.1) is 6.92 Å². The molecule has 0 aliphatic rings. The van der Waals surface area contributed by atoms with E-state index in [0.717, 1.165) is 48.6 Å². The molecule has 0 aliphatic heterocycles. The average Bonchev–Trinajstić information content (AvgIpc) is 2.60. The van der Waals surface area contributed by atoms with Crippen LogP contribution in [-0.2, 0) is 6.42 Å². The number of para-hydroxylation sites is 1. The molecule has 0 atom stereocenters. The number of benzene rings is 1. The Balaban J connectivity index is 1.97. The number of hydrogen-bond acceptors (Lipinski definition) is 4. The number of carbonyl (C=O) groups excluding carboxylic acids is 1. The first-order chi connectivity index (χ1) is 12.0. The Labute approximate surface area is 150 Å². The van der Waals surface area contributed by atoms with Crippen LogP contribution in [0.1, 0.15) is 34.8 Å². The summed E-state index contributed by atoms with van der Waals surface area (Å²) in [5.41, 5.74) is 3.67. The van der Waals surface area contributed by atoms with E-state index >= 15 is 0 Å². The molecule has 1 heterocycles. The summed E-state index contributed by atoms with van der Waals surface area (Å²) >= 11 is 0. The third-order valence-electron chi connectivity index (χ3n) is 4.09. The molecule has 2 N–H and O–H groups in total. The molecule has 0 unspecified atom stereocenters. The fourth-order valence-corrected chi connectivity index (χ4v) is 2.63. The van der Waals surface area contributed by atoms with Gasteiger partial charge < -0.3 is 15.5 Å². The number of rotatable bonds is 8. The van der Waals surface area contributed by atoms with Crippen LogP contribution in [0.2, 0.25) is 0 Å². The minimum atomic E-state index is -0.129. The molecule has 1 aromatic carbocycles. The maximum Gasteiger partial charge on any atom is 0.257 e. The third kappa shape index (κ3) is 5.57. The first-order valence-corrected chi connectivity index (χ1v) is 8.75. The molecule has 0 saturated heterocycles. The number of amides is 1. The van der Waals surface area contributed by atoms with Gasteiger partial charge in [-0.1, -0.05) is 25.1 Å². The van der Waals surface area contributed by atoms with Crippen LogP contribution in [0.15, 0.2) is 36.5 Å². The third-order valence-corrected chi connectivity index (χ3v) is 4.09. The van der Waals surface area contributed by atoms with Gasteiger partial charge in [0.1, 0.15) is 5.82 Å². The summed E-state index contributed by atoms with van der Waals surface area (Å²) in [7, 11) is 4.12. The van der Waals surface area contributed by atoms with Crippen molar-refractivity contribution in [1.82, 2.24) is 9.88 Å². The average molecular weight is 340 g/mol. The van der Waals surface area contributed by atoms with E-state index in [4.69, 9.17) is 0 Å². The van der Waals surface area contributed by atoms with Crippen LogP contribution in [0.25, 0.3) is 0 Å². The zero-order valence-corrected chi connectivity index (χ0v) is 15.6. The quantitative estimate of drug-likeness (QED) is 0.721. The van der Waals surface area contributed by atoms with Crippen LogP contribution >= 0.6 is 0 Å². The molecule has 0 spiro atoms. The van der Waals surface area contributed by atoms with Crippen molar-refractivity contribution in [3.8, 4) is 0 Å². The van der Waals surface area contributed by atoms with Crippen LogP contribution < -0.4 is 10.6 Å². The van der Waals surface area contributed by atoms with E-state index < -0.39 is 0 Å². The lowest BCUT2D eigenvalue weighted by molar-refractivity contribution is 0.102. The smallest absolute Gasteiger partial charge is 0.257 e. The fourth-order valence-electron chi connectivity index (χ4n) is 2.63. The van der Waals surface area contributed by atoms with E-state index in [9.17, 15) is 4.79 Å². The van der Waals surface area contributed by atoms with Crippen molar-refractivity contribution in [3.05, 3.63) is 53.2 Å². The molecule has 5 nitrogen and oxygen atoms in total.